The lowest BCUT2D eigenvalue weighted by atomic mass is 10.3. The second-order valence-corrected chi connectivity index (χ2v) is 3.03. The fourth-order valence-corrected chi connectivity index (χ4v) is 0.788. The number of ether oxygens (including phenoxy) is 1. The maximum atomic E-state index is 10.1. The molecule has 1 rings (SSSR count). The second kappa shape index (κ2) is 9.06. The summed E-state index contributed by atoms with van der Waals surface area (Å²) in [5, 5.41) is 8.63. The number of hydrogen-bond acceptors (Lipinski definition) is 3. The molecule has 3 heteroatoms. The van der Waals surface area contributed by atoms with E-state index >= 15 is 0 Å². The lowest BCUT2D eigenvalue weighted by Gasteiger charge is -1.96. The van der Waals surface area contributed by atoms with Crippen molar-refractivity contribution in [1.82, 2.24) is 0 Å². The summed E-state index contributed by atoms with van der Waals surface area (Å²) >= 11 is 0. The zero-order chi connectivity index (χ0) is 11.5. The smallest absolute Gasteiger partial charge is 0.302 e. The highest BCUT2D eigenvalue weighted by Gasteiger charge is 1.88. The van der Waals surface area contributed by atoms with Crippen molar-refractivity contribution in [3.63, 3.8) is 0 Å². The third-order valence-corrected chi connectivity index (χ3v) is 1.56. The molecule has 0 aliphatic carbocycles. The highest BCUT2D eigenvalue weighted by Crippen LogP contribution is 2.02. The monoisotopic (exact) mass is 210 g/mol. The van der Waals surface area contributed by atoms with Gasteiger partial charge >= 0.3 is 5.97 Å². The van der Waals surface area contributed by atoms with E-state index < -0.39 is 0 Å². The van der Waals surface area contributed by atoms with E-state index in [0.29, 0.717) is 12.4 Å². The molecule has 1 N–H and O–H groups in total. The summed E-state index contributed by atoms with van der Waals surface area (Å²) < 4.78 is 4.64. The van der Waals surface area contributed by atoms with Gasteiger partial charge in [0, 0.05) is 6.92 Å². The summed E-state index contributed by atoms with van der Waals surface area (Å²) in [4.78, 5) is 10.1. The topological polar surface area (TPSA) is 46.5 Å². The molecule has 0 saturated heterocycles. The number of carbonyl (C=O) groups excluding carboxylic acids is 1. The van der Waals surface area contributed by atoms with Crippen LogP contribution in [-0.2, 0) is 9.53 Å². The Labute approximate surface area is 90.7 Å². The predicted molar refractivity (Wildman–Crippen MR) is 59.6 cm³/mol. The van der Waals surface area contributed by atoms with Gasteiger partial charge in [0.05, 0.1) is 6.61 Å². The third kappa shape index (κ3) is 10.4. The second-order valence-electron chi connectivity index (χ2n) is 3.03. The van der Waals surface area contributed by atoms with E-state index in [2.05, 4.69) is 11.7 Å². The number of aromatic hydroxyl groups is 1. The molecular weight excluding hydrogens is 192 g/mol. The number of para-hydroxylation sites is 1. The minimum Gasteiger partial charge on any atom is -0.508 e. The standard InChI is InChI=1S/C6H12O2.C6H6O/c1-3-4-5-8-6(2)7;7-6-4-2-1-3-5-6/h3-5H2,1-2H3;1-5,7H. The van der Waals surface area contributed by atoms with Gasteiger partial charge in [0.2, 0.25) is 0 Å². The summed E-state index contributed by atoms with van der Waals surface area (Å²) in [6.07, 6.45) is 2.05. The molecule has 84 valence electrons. The van der Waals surface area contributed by atoms with E-state index in [9.17, 15) is 4.79 Å². The van der Waals surface area contributed by atoms with Crippen molar-refractivity contribution in [2.75, 3.05) is 6.61 Å². The van der Waals surface area contributed by atoms with E-state index in [1.807, 2.05) is 6.07 Å². The minimum absolute atomic E-state index is 0.182. The normalized spacial score (nSPS) is 8.67. The number of carbonyl (C=O) groups is 1. The number of phenols is 1. The van der Waals surface area contributed by atoms with Crippen LogP contribution >= 0.6 is 0 Å². The molecular formula is C12H18O3. The maximum Gasteiger partial charge on any atom is 0.302 e. The largest absolute Gasteiger partial charge is 0.508 e. The van der Waals surface area contributed by atoms with E-state index in [4.69, 9.17) is 5.11 Å². The van der Waals surface area contributed by atoms with Crippen LogP contribution < -0.4 is 0 Å². The van der Waals surface area contributed by atoms with Crippen LogP contribution in [0.15, 0.2) is 30.3 Å². The van der Waals surface area contributed by atoms with E-state index in [1.165, 1.54) is 6.92 Å². The van der Waals surface area contributed by atoms with Crippen LogP contribution in [0.2, 0.25) is 0 Å². The molecule has 0 bridgehead atoms. The van der Waals surface area contributed by atoms with Gasteiger partial charge in [-0.1, -0.05) is 31.5 Å². The first kappa shape index (κ1) is 13.5. The zero-order valence-electron chi connectivity index (χ0n) is 9.27. The van der Waals surface area contributed by atoms with Gasteiger partial charge < -0.3 is 9.84 Å². The average Bonchev–Trinajstić information content (AvgIpc) is 2.20. The summed E-state index contributed by atoms with van der Waals surface area (Å²) in [5.41, 5.74) is 0. The fraction of sp³-hybridized carbons (Fsp3) is 0.417. The van der Waals surface area contributed by atoms with Gasteiger partial charge in [-0.25, -0.2) is 0 Å². The van der Waals surface area contributed by atoms with Gasteiger partial charge in [-0.3, -0.25) is 4.79 Å². The van der Waals surface area contributed by atoms with Gasteiger partial charge in [0.1, 0.15) is 5.75 Å². The zero-order valence-corrected chi connectivity index (χ0v) is 9.27. The van der Waals surface area contributed by atoms with Gasteiger partial charge in [-0.15, -0.1) is 0 Å². The van der Waals surface area contributed by atoms with Gasteiger partial charge in [-0.05, 0) is 18.6 Å². The molecule has 0 aliphatic rings. The Balaban J connectivity index is 0.000000262. The van der Waals surface area contributed by atoms with Gasteiger partial charge in [-0.2, -0.15) is 0 Å². The van der Waals surface area contributed by atoms with Crippen LogP contribution in [0.25, 0.3) is 0 Å². The minimum atomic E-state index is -0.182. The Kier molecular flexibility index (Phi) is 8.15. The van der Waals surface area contributed by atoms with Crippen molar-refractivity contribution >= 4 is 5.97 Å². The molecule has 0 spiro atoms. The van der Waals surface area contributed by atoms with Gasteiger partial charge in [0.15, 0.2) is 0 Å². The van der Waals surface area contributed by atoms with Gasteiger partial charge in [0.25, 0.3) is 0 Å². The van der Waals surface area contributed by atoms with Crippen LogP contribution in [-0.4, -0.2) is 17.7 Å². The van der Waals surface area contributed by atoms with Crippen molar-refractivity contribution in [3.8, 4) is 5.75 Å². The van der Waals surface area contributed by atoms with Crippen LogP contribution in [0, 0.1) is 0 Å². The average molecular weight is 210 g/mol. The van der Waals surface area contributed by atoms with Crippen LogP contribution in [0.1, 0.15) is 26.7 Å². The molecule has 1 aromatic rings. The molecule has 3 nitrogen and oxygen atoms in total. The Morgan fingerprint density at radius 1 is 1.33 bits per heavy atom. The van der Waals surface area contributed by atoms with E-state index in [1.54, 1.807) is 24.3 Å². The number of hydrogen-bond donors (Lipinski definition) is 1. The SMILES string of the molecule is CCCCOC(C)=O.Oc1ccccc1. The first-order valence-electron chi connectivity index (χ1n) is 5.04. The summed E-state index contributed by atoms with van der Waals surface area (Å²) in [6.45, 7) is 4.06. The summed E-state index contributed by atoms with van der Waals surface area (Å²) in [5.74, 6) is 0.140. The first-order chi connectivity index (χ1) is 7.16. The van der Waals surface area contributed by atoms with Crippen LogP contribution in [0.4, 0.5) is 0 Å². The highest BCUT2D eigenvalue weighted by molar-refractivity contribution is 5.65. The summed E-state index contributed by atoms with van der Waals surface area (Å²) in [6, 6.07) is 8.71. The Hall–Kier alpha value is -1.51. The van der Waals surface area contributed by atoms with Crippen molar-refractivity contribution < 1.29 is 14.6 Å². The van der Waals surface area contributed by atoms with Crippen molar-refractivity contribution in [1.29, 1.82) is 0 Å². The Bertz CT molecular complexity index is 257. The molecule has 0 heterocycles. The summed E-state index contributed by atoms with van der Waals surface area (Å²) in [7, 11) is 0. The van der Waals surface area contributed by atoms with Crippen molar-refractivity contribution in [3.05, 3.63) is 30.3 Å². The molecule has 0 amide bonds. The Morgan fingerprint density at radius 3 is 2.27 bits per heavy atom. The number of phenolic OH excluding ortho intramolecular Hbond substituents is 1. The molecule has 0 unspecified atom stereocenters. The number of esters is 1. The fourth-order valence-electron chi connectivity index (χ4n) is 0.788. The molecule has 0 radical (unpaired) electrons. The molecule has 0 aliphatic heterocycles. The van der Waals surface area contributed by atoms with Crippen LogP contribution in [0.3, 0.4) is 0 Å². The predicted octanol–water partition coefficient (Wildman–Crippen LogP) is 2.74. The van der Waals surface area contributed by atoms with Crippen LogP contribution in [0.5, 0.6) is 5.75 Å². The quantitative estimate of drug-likeness (QED) is 0.616. The van der Waals surface area contributed by atoms with Crippen molar-refractivity contribution in [2.45, 2.75) is 26.7 Å². The molecule has 0 atom stereocenters. The lowest BCUT2D eigenvalue weighted by Crippen LogP contribution is -1.99. The first-order valence-corrected chi connectivity index (χ1v) is 5.04. The van der Waals surface area contributed by atoms with Crippen molar-refractivity contribution in [2.24, 2.45) is 0 Å². The number of rotatable bonds is 3. The maximum absolute atomic E-state index is 10.1. The highest BCUT2D eigenvalue weighted by atomic mass is 16.5. The number of benzene rings is 1. The molecule has 0 fully saturated rings. The molecule has 15 heavy (non-hydrogen) atoms. The molecule has 0 aromatic heterocycles. The molecule has 1 aromatic carbocycles. The number of unbranched alkanes of at least 4 members (excludes halogenated alkanes) is 1. The van der Waals surface area contributed by atoms with E-state index in [-0.39, 0.29) is 5.97 Å². The molecule has 0 saturated carbocycles. The Morgan fingerprint density at radius 2 is 1.93 bits per heavy atom. The van der Waals surface area contributed by atoms with E-state index in [0.717, 1.165) is 12.8 Å². The lowest BCUT2D eigenvalue weighted by molar-refractivity contribution is -0.141. The third-order valence-electron chi connectivity index (χ3n) is 1.56.